The van der Waals surface area contributed by atoms with Crippen LogP contribution in [0.5, 0.6) is 0 Å². The summed E-state index contributed by atoms with van der Waals surface area (Å²) in [6.07, 6.45) is 5.44. The molecule has 0 saturated carbocycles. The van der Waals surface area contributed by atoms with E-state index in [4.69, 9.17) is 4.42 Å². The van der Waals surface area contributed by atoms with Crippen molar-refractivity contribution in [3.63, 3.8) is 0 Å². The molecule has 0 radical (unpaired) electrons. The molecule has 0 fully saturated rings. The average molecular weight is 269 g/mol. The van der Waals surface area contributed by atoms with Gasteiger partial charge in [0.05, 0.1) is 12.7 Å². The fourth-order valence-electron chi connectivity index (χ4n) is 2.20. The number of fused-ring (bicyclic) bond motifs is 1. The van der Waals surface area contributed by atoms with Gasteiger partial charge in [0.1, 0.15) is 5.58 Å². The van der Waals surface area contributed by atoms with Crippen LogP contribution in [0.1, 0.15) is 11.1 Å². The number of furan rings is 1. The summed E-state index contributed by atoms with van der Waals surface area (Å²) >= 11 is 0. The Morgan fingerprint density at radius 2 is 2.00 bits per heavy atom. The van der Waals surface area contributed by atoms with Crippen LogP contribution in [0.2, 0.25) is 0 Å². The molecule has 3 nitrogen and oxygen atoms in total. The molecule has 1 amide bonds. The van der Waals surface area contributed by atoms with Crippen LogP contribution >= 0.6 is 0 Å². The molecule has 0 aliphatic rings. The normalized spacial score (nSPS) is 10.4. The maximum Gasteiger partial charge on any atom is 0.227 e. The molecular weight excluding hydrogens is 250 g/mol. The van der Waals surface area contributed by atoms with Gasteiger partial charge in [0.15, 0.2) is 0 Å². The predicted octanol–water partition coefficient (Wildman–Crippen LogP) is 3.48. The molecule has 1 aromatic carbocycles. The highest BCUT2D eigenvalue weighted by molar-refractivity contribution is 5.88. The smallest absolute Gasteiger partial charge is 0.227 e. The lowest BCUT2D eigenvalue weighted by Gasteiger charge is -2.18. The molecule has 0 N–H and O–H groups in total. The van der Waals surface area contributed by atoms with E-state index < -0.39 is 0 Å². The van der Waals surface area contributed by atoms with Gasteiger partial charge in [0.2, 0.25) is 5.91 Å². The number of carbonyl (C=O) groups is 1. The Morgan fingerprint density at radius 3 is 2.65 bits per heavy atom. The molecule has 20 heavy (non-hydrogen) atoms. The van der Waals surface area contributed by atoms with Crippen LogP contribution in [-0.2, 0) is 11.2 Å². The monoisotopic (exact) mass is 269 g/mol. The van der Waals surface area contributed by atoms with Crippen molar-refractivity contribution < 1.29 is 9.21 Å². The van der Waals surface area contributed by atoms with Crippen molar-refractivity contribution in [2.45, 2.75) is 13.3 Å². The van der Waals surface area contributed by atoms with Crippen LogP contribution in [0, 0.1) is 6.92 Å². The quantitative estimate of drug-likeness (QED) is 0.752. The Hall–Kier alpha value is -2.29. The number of nitrogens with zero attached hydrogens (tertiary/aromatic N) is 1. The molecule has 0 atom stereocenters. The van der Waals surface area contributed by atoms with E-state index >= 15 is 0 Å². The maximum absolute atomic E-state index is 12.3. The third kappa shape index (κ3) is 2.99. The molecule has 0 spiro atoms. The Bertz CT molecular complexity index is 629. The number of carbonyl (C=O) groups excluding carboxylic acids is 1. The first-order valence-electron chi connectivity index (χ1n) is 6.62. The zero-order valence-corrected chi connectivity index (χ0v) is 11.8. The lowest BCUT2D eigenvalue weighted by atomic mass is 10.1. The second-order valence-corrected chi connectivity index (χ2v) is 4.81. The summed E-state index contributed by atoms with van der Waals surface area (Å²) in [5.41, 5.74) is 2.89. The van der Waals surface area contributed by atoms with Crippen molar-refractivity contribution in [3.8, 4) is 0 Å². The van der Waals surface area contributed by atoms with Crippen molar-refractivity contribution in [1.29, 1.82) is 0 Å². The summed E-state index contributed by atoms with van der Waals surface area (Å²) < 4.78 is 5.49. The van der Waals surface area contributed by atoms with Gasteiger partial charge in [-0.2, -0.15) is 0 Å². The topological polar surface area (TPSA) is 33.5 Å². The Labute approximate surface area is 119 Å². The van der Waals surface area contributed by atoms with E-state index in [2.05, 4.69) is 13.2 Å². The first-order chi connectivity index (χ1) is 9.65. The molecule has 2 aromatic rings. The fourth-order valence-corrected chi connectivity index (χ4v) is 2.20. The first kappa shape index (κ1) is 14.1. The van der Waals surface area contributed by atoms with E-state index in [0.717, 1.165) is 22.1 Å². The van der Waals surface area contributed by atoms with E-state index in [1.165, 1.54) is 0 Å². The van der Waals surface area contributed by atoms with E-state index in [-0.39, 0.29) is 5.91 Å². The van der Waals surface area contributed by atoms with Gasteiger partial charge in [-0.3, -0.25) is 4.79 Å². The maximum atomic E-state index is 12.3. The Balaban J connectivity index is 2.22. The van der Waals surface area contributed by atoms with Crippen molar-refractivity contribution in [3.05, 3.63) is 60.9 Å². The van der Waals surface area contributed by atoms with E-state index in [1.807, 2.05) is 25.1 Å². The summed E-state index contributed by atoms with van der Waals surface area (Å²) in [6, 6.07) is 5.98. The molecule has 104 valence electrons. The highest BCUT2D eigenvalue weighted by atomic mass is 16.3. The van der Waals surface area contributed by atoms with Gasteiger partial charge in [0.25, 0.3) is 0 Å². The fraction of sp³-hybridized carbons (Fsp3) is 0.235. The summed E-state index contributed by atoms with van der Waals surface area (Å²) in [5, 5.41) is 1.01. The number of rotatable bonds is 6. The van der Waals surface area contributed by atoms with Gasteiger partial charge in [-0.25, -0.2) is 0 Å². The van der Waals surface area contributed by atoms with E-state index in [0.29, 0.717) is 19.5 Å². The van der Waals surface area contributed by atoms with E-state index in [1.54, 1.807) is 23.3 Å². The van der Waals surface area contributed by atoms with Crippen LogP contribution in [0.4, 0.5) is 0 Å². The van der Waals surface area contributed by atoms with Gasteiger partial charge >= 0.3 is 0 Å². The molecule has 3 heteroatoms. The third-order valence-electron chi connectivity index (χ3n) is 3.20. The largest absolute Gasteiger partial charge is 0.464 e. The van der Waals surface area contributed by atoms with Gasteiger partial charge < -0.3 is 9.32 Å². The Morgan fingerprint density at radius 1 is 1.30 bits per heavy atom. The van der Waals surface area contributed by atoms with Crippen molar-refractivity contribution in [2.24, 2.45) is 0 Å². The Kier molecular flexibility index (Phi) is 4.41. The summed E-state index contributed by atoms with van der Waals surface area (Å²) in [7, 11) is 0. The van der Waals surface area contributed by atoms with Crippen molar-refractivity contribution in [1.82, 2.24) is 4.90 Å². The molecule has 0 bridgehead atoms. The SMILES string of the molecule is C=CCN(CC=C)C(=O)Cc1coc2ccc(C)cc12. The summed E-state index contributed by atoms with van der Waals surface area (Å²) in [5.74, 6) is 0.0500. The number of hydrogen-bond donors (Lipinski definition) is 0. The van der Waals surface area contributed by atoms with Gasteiger partial charge in [-0.05, 0) is 19.1 Å². The predicted molar refractivity (Wildman–Crippen MR) is 81.6 cm³/mol. The van der Waals surface area contributed by atoms with E-state index in [9.17, 15) is 4.79 Å². The number of hydrogen-bond acceptors (Lipinski definition) is 2. The number of aryl methyl sites for hydroxylation is 1. The second kappa shape index (κ2) is 6.24. The number of benzene rings is 1. The third-order valence-corrected chi connectivity index (χ3v) is 3.20. The molecule has 0 aliphatic carbocycles. The van der Waals surface area contributed by atoms with Crippen LogP contribution in [0.15, 0.2) is 54.2 Å². The molecule has 0 saturated heterocycles. The van der Waals surface area contributed by atoms with Crippen LogP contribution in [0.3, 0.4) is 0 Å². The number of amides is 1. The molecule has 2 rings (SSSR count). The molecule has 0 aliphatic heterocycles. The lowest BCUT2D eigenvalue weighted by molar-refractivity contribution is -0.129. The zero-order chi connectivity index (χ0) is 14.5. The summed E-state index contributed by atoms with van der Waals surface area (Å²) in [6.45, 7) is 10.4. The van der Waals surface area contributed by atoms with Gasteiger partial charge in [-0.15, -0.1) is 13.2 Å². The highest BCUT2D eigenvalue weighted by Crippen LogP contribution is 2.23. The molecule has 1 aromatic heterocycles. The zero-order valence-electron chi connectivity index (χ0n) is 11.8. The van der Waals surface area contributed by atoms with Gasteiger partial charge in [-0.1, -0.05) is 23.8 Å². The average Bonchev–Trinajstić information content (AvgIpc) is 2.81. The van der Waals surface area contributed by atoms with Crippen LogP contribution < -0.4 is 0 Å². The summed E-state index contributed by atoms with van der Waals surface area (Å²) in [4.78, 5) is 14.0. The molecular formula is C17H19NO2. The minimum absolute atomic E-state index is 0.0500. The lowest BCUT2D eigenvalue weighted by Crippen LogP contribution is -2.32. The van der Waals surface area contributed by atoms with Crippen molar-refractivity contribution in [2.75, 3.05) is 13.1 Å². The molecule has 1 heterocycles. The van der Waals surface area contributed by atoms with Crippen LogP contribution in [0.25, 0.3) is 11.0 Å². The standard InChI is InChI=1S/C17H19NO2/c1-4-8-18(9-5-2)17(19)11-14-12-20-16-7-6-13(3)10-15(14)16/h4-7,10,12H,1-2,8-9,11H2,3H3. The minimum atomic E-state index is 0.0500. The second-order valence-electron chi connectivity index (χ2n) is 4.81. The molecule has 0 unspecified atom stereocenters. The van der Waals surface area contributed by atoms with Crippen LogP contribution in [-0.4, -0.2) is 23.9 Å². The van der Waals surface area contributed by atoms with Crippen molar-refractivity contribution >= 4 is 16.9 Å². The first-order valence-corrected chi connectivity index (χ1v) is 6.62. The highest BCUT2D eigenvalue weighted by Gasteiger charge is 2.15. The van der Waals surface area contributed by atoms with Gasteiger partial charge in [0, 0.05) is 24.0 Å². The minimum Gasteiger partial charge on any atom is -0.464 e.